The highest BCUT2D eigenvalue weighted by Crippen LogP contribution is 2.24. The average molecular weight is 532 g/mol. The molecule has 0 fully saturated rings. The van der Waals surface area contributed by atoms with E-state index in [0.29, 0.717) is 14.9 Å². The third-order valence-electron chi connectivity index (χ3n) is 5.62. The second-order valence-electron chi connectivity index (χ2n) is 8.15. The second kappa shape index (κ2) is 12.0. The van der Waals surface area contributed by atoms with Crippen LogP contribution < -0.4 is 9.62 Å². The number of benzene rings is 3. The lowest BCUT2D eigenvalue weighted by Gasteiger charge is -2.33. The molecule has 0 bridgehead atoms. The molecule has 1 N–H and O–H groups in total. The van der Waals surface area contributed by atoms with Crippen LogP contribution in [0.2, 0.25) is 5.02 Å². The molecule has 190 valence electrons. The number of anilines is 1. The molecular formula is C26H27ClFN3O4S. The maximum Gasteiger partial charge on any atom is 0.244 e. The summed E-state index contributed by atoms with van der Waals surface area (Å²) in [5, 5.41) is 2.98. The molecule has 36 heavy (non-hydrogen) atoms. The minimum absolute atomic E-state index is 0.0572. The summed E-state index contributed by atoms with van der Waals surface area (Å²) in [6.45, 7) is -0.759. The molecule has 0 saturated carbocycles. The molecule has 0 aliphatic heterocycles. The van der Waals surface area contributed by atoms with Crippen LogP contribution in [0, 0.1) is 5.82 Å². The van der Waals surface area contributed by atoms with Crippen LogP contribution in [0.4, 0.5) is 10.1 Å². The van der Waals surface area contributed by atoms with Crippen molar-refractivity contribution in [1.29, 1.82) is 0 Å². The van der Waals surface area contributed by atoms with Crippen molar-refractivity contribution in [2.24, 2.45) is 0 Å². The molecule has 0 aliphatic rings. The first-order valence-electron chi connectivity index (χ1n) is 11.1. The zero-order valence-corrected chi connectivity index (χ0v) is 21.5. The normalized spacial score (nSPS) is 12.0. The van der Waals surface area contributed by atoms with Crippen molar-refractivity contribution >= 4 is 39.1 Å². The predicted molar refractivity (Wildman–Crippen MR) is 139 cm³/mol. The molecule has 3 rings (SSSR count). The third kappa shape index (κ3) is 6.83. The van der Waals surface area contributed by atoms with Crippen molar-refractivity contribution in [3.63, 3.8) is 0 Å². The van der Waals surface area contributed by atoms with Gasteiger partial charge in [-0.25, -0.2) is 12.8 Å². The maximum atomic E-state index is 14.5. The molecule has 0 unspecified atom stereocenters. The fourth-order valence-electron chi connectivity index (χ4n) is 3.78. The number of carbonyl (C=O) groups is 2. The zero-order chi connectivity index (χ0) is 26.3. The Morgan fingerprint density at radius 2 is 1.58 bits per heavy atom. The Morgan fingerprint density at radius 3 is 2.19 bits per heavy atom. The van der Waals surface area contributed by atoms with Crippen LogP contribution in [-0.2, 0) is 32.6 Å². The van der Waals surface area contributed by atoms with Gasteiger partial charge in [-0.05, 0) is 29.3 Å². The largest absolute Gasteiger partial charge is 0.357 e. The number of likely N-dealkylation sites (N-methyl/N-ethyl adjacent to an activating group) is 1. The quantitative estimate of drug-likeness (QED) is 0.433. The van der Waals surface area contributed by atoms with E-state index < -0.39 is 40.2 Å². The third-order valence-corrected chi connectivity index (χ3v) is 7.11. The Bertz CT molecular complexity index is 1320. The van der Waals surface area contributed by atoms with Gasteiger partial charge in [-0.1, -0.05) is 72.3 Å². The molecule has 0 radical (unpaired) electrons. The highest BCUT2D eigenvalue weighted by molar-refractivity contribution is 7.92. The summed E-state index contributed by atoms with van der Waals surface area (Å²) in [7, 11) is -2.58. The Hall–Kier alpha value is -3.43. The van der Waals surface area contributed by atoms with Crippen molar-refractivity contribution in [3.8, 4) is 0 Å². The summed E-state index contributed by atoms with van der Waals surface area (Å²) in [5.41, 5.74) is 1.12. The number of rotatable bonds is 10. The second-order valence-corrected chi connectivity index (χ2v) is 10.5. The summed E-state index contributed by atoms with van der Waals surface area (Å²) in [6.07, 6.45) is 1.07. The first-order valence-corrected chi connectivity index (χ1v) is 13.3. The van der Waals surface area contributed by atoms with Crippen LogP contribution in [0.3, 0.4) is 0 Å². The fourth-order valence-corrected chi connectivity index (χ4v) is 4.83. The predicted octanol–water partition coefficient (Wildman–Crippen LogP) is 3.63. The Morgan fingerprint density at radius 1 is 0.972 bits per heavy atom. The Kier molecular flexibility index (Phi) is 9.06. The minimum Gasteiger partial charge on any atom is -0.357 e. The summed E-state index contributed by atoms with van der Waals surface area (Å²) in [6, 6.07) is 20.3. The van der Waals surface area contributed by atoms with Crippen LogP contribution >= 0.6 is 11.6 Å². The summed E-state index contributed by atoms with van der Waals surface area (Å²) < 4.78 is 40.4. The number of hydrogen-bond donors (Lipinski definition) is 1. The van der Waals surface area contributed by atoms with Gasteiger partial charge >= 0.3 is 0 Å². The van der Waals surface area contributed by atoms with E-state index in [9.17, 15) is 22.4 Å². The van der Waals surface area contributed by atoms with Gasteiger partial charge in [-0.15, -0.1) is 0 Å². The first-order chi connectivity index (χ1) is 17.1. The monoisotopic (exact) mass is 531 g/mol. The molecule has 7 nitrogen and oxygen atoms in total. The first kappa shape index (κ1) is 27.2. The van der Waals surface area contributed by atoms with Crippen molar-refractivity contribution in [1.82, 2.24) is 10.2 Å². The number of nitrogens with zero attached hydrogens (tertiary/aromatic N) is 2. The van der Waals surface area contributed by atoms with Gasteiger partial charge < -0.3 is 10.2 Å². The van der Waals surface area contributed by atoms with Crippen LogP contribution in [0.1, 0.15) is 11.1 Å². The summed E-state index contributed by atoms with van der Waals surface area (Å²) in [4.78, 5) is 28.0. The smallest absolute Gasteiger partial charge is 0.244 e. The number of amides is 2. The lowest BCUT2D eigenvalue weighted by atomic mass is 10.0. The number of sulfonamides is 1. The van der Waals surface area contributed by atoms with Crippen molar-refractivity contribution in [3.05, 3.63) is 101 Å². The van der Waals surface area contributed by atoms with Gasteiger partial charge in [-0.3, -0.25) is 13.9 Å². The average Bonchev–Trinajstić information content (AvgIpc) is 2.85. The number of hydrogen-bond acceptors (Lipinski definition) is 4. The van der Waals surface area contributed by atoms with Gasteiger partial charge in [0, 0.05) is 25.0 Å². The molecule has 3 aromatic carbocycles. The summed E-state index contributed by atoms with van der Waals surface area (Å²) >= 11 is 6.35. The molecule has 1 atom stereocenters. The Labute approximate surface area is 215 Å². The molecule has 0 spiro atoms. The van der Waals surface area contributed by atoms with E-state index in [1.807, 2.05) is 30.3 Å². The molecule has 3 aromatic rings. The van der Waals surface area contributed by atoms with Crippen molar-refractivity contribution in [2.75, 3.05) is 24.2 Å². The molecule has 2 amide bonds. The van der Waals surface area contributed by atoms with E-state index in [2.05, 4.69) is 5.32 Å². The number of halogens is 2. The van der Waals surface area contributed by atoms with Crippen molar-refractivity contribution in [2.45, 2.75) is 19.0 Å². The lowest BCUT2D eigenvalue weighted by Crippen LogP contribution is -2.53. The van der Waals surface area contributed by atoms with E-state index in [0.717, 1.165) is 17.9 Å². The van der Waals surface area contributed by atoms with Gasteiger partial charge in [0.15, 0.2) is 0 Å². The molecule has 10 heteroatoms. The van der Waals surface area contributed by atoms with E-state index >= 15 is 0 Å². The number of para-hydroxylation sites is 1. The minimum atomic E-state index is -4.04. The molecule has 0 heterocycles. The zero-order valence-electron chi connectivity index (χ0n) is 19.9. The lowest BCUT2D eigenvalue weighted by molar-refractivity contribution is -0.139. The van der Waals surface area contributed by atoms with Crippen LogP contribution in [0.5, 0.6) is 0 Å². The SMILES string of the molecule is CNC(=O)[C@H](Cc1ccccc1)N(Cc1ccccc1Cl)C(=O)CN(c1ccccc1F)S(C)(=O)=O. The molecule has 0 aliphatic carbocycles. The number of carbonyl (C=O) groups excluding carboxylic acids is 2. The van der Waals surface area contributed by atoms with E-state index in [4.69, 9.17) is 11.6 Å². The van der Waals surface area contributed by atoms with Crippen LogP contribution in [0.25, 0.3) is 0 Å². The van der Waals surface area contributed by atoms with Gasteiger partial charge in [0.2, 0.25) is 21.8 Å². The van der Waals surface area contributed by atoms with E-state index in [1.54, 1.807) is 24.3 Å². The van der Waals surface area contributed by atoms with E-state index in [-0.39, 0.29) is 18.7 Å². The molecular weight excluding hydrogens is 505 g/mol. The highest BCUT2D eigenvalue weighted by atomic mass is 35.5. The Balaban J connectivity index is 2.05. The number of nitrogens with one attached hydrogen (secondary N) is 1. The van der Waals surface area contributed by atoms with Gasteiger partial charge in [0.05, 0.1) is 11.9 Å². The van der Waals surface area contributed by atoms with E-state index in [1.165, 1.54) is 30.1 Å². The molecule has 0 aromatic heterocycles. The van der Waals surface area contributed by atoms with Gasteiger partial charge in [0.25, 0.3) is 0 Å². The standard InChI is InChI=1S/C26H27ClFN3O4S/c1-29-26(33)24(16-19-10-4-3-5-11-19)30(17-20-12-6-7-13-21(20)27)25(32)18-31(36(2,34)35)23-15-9-8-14-22(23)28/h3-15,24H,16-18H2,1-2H3,(H,29,33)/t24-/m0/s1. The highest BCUT2D eigenvalue weighted by Gasteiger charge is 2.33. The van der Waals surface area contributed by atoms with Gasteiger partial charge in [0.1, 0.15) is 18.4 Å². The maximum absolute atomic E-state index is 14.5. The van der Waals surface area contributed by atoms with Crippen LogP contribution in [-0.4, -0.2) is 51.0 Å². The topological polar surface area (TPSA) is 86.8 Å². The fraction of sp³-hybridized carbons (Fsp3) is 0.231. The summed E-state index contributed by atoms with van der Waals surface area (Å²) in [5.74, 6) is -1.91. The van der Waals surface area contributed by atoms with Crippen LogP contribution in [0.15, 0.2) is 78.9 Å². The van der Waals surface area contributed by atoms with Gasteiger partial charge in [-0.2, -0.15) is 0 Å². The molecule has 0 saturated heterocycles. The van der Waals surface area contributed by atoms with Crippen molar-refractivity contribution < 1.29 is 22.4 Å².